The van der Waals surface area contributed by atoms with Crippen molar-refractivity contribution in [3.05, 3.63) is 0 Å². The van der Waals surface area contributed by atoms with Crippen LogP contribution in [0.2, 0.25) is 0 Å². The van der Waals surface area contributed by atoms with Gasteiger partial charge in [-0.2, -0.15) is 0 Å². The van der Waals surface area contributed by atoms with Crippen LogP contribution in [0.1, 0.15) is 33.1 Å². The van der Waals surface area contributed by atoms with E-state index in [1.807, 2.05) is 0 Å². The van der Waals surface area contributed by atoms with E-state index in [2.05, 4.69) is 13.8 Å². The lowest BCUT2D eigenvalue weighted by molar-refractivity contribution is 0.0973. The first-order valence-electron chi connectivity index (χ1n) is 4.99. The van der Waals surface area contributed by atoms with Gasteiger partial charge in [-0.15, -0.1) is 0 Å². The van der Waals surface area contributed by atoms with Crippen LogP contribution in [0.5, 0.6) is 0 Å². The molecule has 0 atom stereocenters. The van der Waals surface area contributed by atoms with Gasteiger partial charge in [0.05, 0.1) is 5.75 Å². The molecule has 0 aromatic rings. The summed E-state index contributed by atoms with van der Waals surface area (Å²) in [5.74, 6) is 0.583. The molecular weight excluding hydrogens is 224 g/mol. The van der Waals surface area contributed by atoms with Crippen LogP contribution >= 0.6 is 10.7 Å². The predicted octanol–water partition coefficient (Wildman–Crippen LogP) is 2.40. The van der Waals surface area contributed by atoms with E-state index in [0.717, 1.165) is 19.4 Å². The normalized spacial score (nSPS) is 12.3. The summed E-state index contributed by atoms with van der Waals surface area (Å²) in [6, 6.07) is 0. The first-order chi connectivity index (χ1) is 6.49. The minimum absolute atomic E-state index is 0.00251. The Morgan fingerprint density at radius 1 is 1.29 bits per heavy atom. The van der Waals surface area contributed by atoms with Crippen molar-refractivity contribution in [3.8, 4) is 0 Å². The van der Waals surface area contributed by atoms with Gasteiger partial charge in [-0.05, 0) is 12.3 Å². The fourth-order valence-electron chi connectivity index (χ4n) is 1.11. The highest BCUT2D eigenvalue weighted by molar-refractivity contribution is 8.13. The SMILES string of the molecule is CCC(CC)COCCCS(=O)(=O)Cl. The molecule has 14 heavy (non-hydrogen) atoms. The van der Waals surface area contributed by atoms with E-state index in [1.165, 1.54) is 0 Å². The molecule has 0 aliphatic carbocycles. The van der Waals surface area contributed by atoms with Gasteiger partial charge in [0.1, 0.15) is 0 Å². The highest BCUT2D eigenvalue weighted by atomic mass is 35.7. The maximum absolute atomic E-state index is 10.6. The zero-order valence-electron chi connectivity index (χ0n) is 8.83. The molecule has 0 radical (unpaired) electrons. The van der Waals surface area contributed by atoms with E-state index in [0.29, 0.717) is 18.9 Å². The third-order valence-electron chi connectivity index (χ3n) is 2.19. The third kappa shape index (κ3) is 8.78. The van der Waals surface area contributed by atoms with Gasteiger partial charge in [-0.1, -0.05) is 26.7 Å². The van der Waals surface area contributed by atoms with Crippen molar-refractivity contribution in [2.75, 3.05) is 19.0 Å². The number of halogens is 1. The molecule has 0 heterocycles. The molecule has 5 heteroatoms. The number of rotatable bonds is 8. The first-order valence-corrected chi connectivity index (χ1v) is 7.47. The largest absolute Gasteiger partial charge is 0.381 e. The van der Waals surface area contributed by atoms with Crippen molar-refractivity contribution < 1.29 is 13.2 Å². The molecule has 0 aliphatic rings. The summed E-state index contributed by atoms with van der Waals surface area (Å²) in [6.07, 6.45) is 2.68. The Morgan fingerprint density at radius 3 is 2.29 bits per heavy atom. The van der Waals surface area contributed by atoms with Crippen LogP contribution in [0.4, 0.5) is 0 Å². The summed E-state index contributed by atoms with van der Waals surface area (Å²) in [5, 5.41) is 0. The second-order valence-corrected chi connectivity index (χ2v) is 6.25. The monoisotopic (exact) mass is 242 g/mol. The zero-order valence-corrected chi connectivity index (χ0v) is 10.4. The van der Waals surface area contributed by atoms with Crippen molar-refractivity contribution >= 4 is 19.7 Å². The van der Waals surface area contributed by atoms with Crippen LogP contribution < -0.4 is 0 Å². The minimum atomic E-state index is -3.34. The van der Waals surface area contributed by atoms with Crippen molar-refractivity contribution in [3.63, 3.8) is 0 Å². The van der Waals surface area contributed by atoms with Gasteiger partial charge >= 0.3 is 0 Å². The molecule has 0 amide bonds. The molecule has 0 fully saturated rings. The fraction of sp³-hybridized carbons (Fsp3) is 1.00. The van der Waals surface area contributed by atoms with E-state index in [4.69, 9.17) is 15.4 Å². The number of ether oxygens (including phenoxy) is 1. The van der Waals surface area contributed by atoms with Crippen molar-refractivity contribution in [2.24, 2.45) is 5.92 Å². The molecule has 0 bridgehead atoms. The average Bonchev–Trinajstić information content (AvgIpc) is 2.09. The second kappa shape index (κ2) is 7.49. The van der Waals surface area contributed by atoms with E-state index < -0.39 is 9.05 Å². The van der Waals surface area contributed by atoms with Gasteiger partial charge in [0.25, 0.3) is 0 Å². The predicted molar refractivity (Wildman–Crippen MR) is 59.1 cm³/mol. The van der Waals surface area contributed by atoms with Gasteiger partial charge in [0, 0.05) is 23.9 Å². The number of hydrogen-bond donors (Lipinski definition) is 0. The summed E-state index contributed by atoms with van der Waals surface area (Å²) in [4.78, 5) is 0. The minimum Gasteiger partial charge on any atom is -0.381 e. The quantitative estimate of drug-likeness (QED) is 0.485. The first kappa shape index (κ1) is 14.2. The highest BCUT2D eigenvalue weighted by Crippen LogP contribution is 2.08. The van der Waals surface area contributed by atoms with Crippen LogP contribution in [0.25, 0.3) is 0 Å². The fourth-order valence-corrected chi connectivity index (χ4v) is 1.90. The van der Waals surface area contributed by atoms with Crippen LogP contribution in [0.15, 0.2) is 0 Å². The average molecular weight is 243 g/mol. The molecular formula is C9H19ClO3S. The van der Waals surface area contributed by atoms with Crippen molar-refractivity contribution in [1.82, 2.24) is 0 Å². The molecule has 0 saturated carbocycles. The summed E-state index contributed by atoms with van der Waals surface area (Å²) < 4.78 is 26.5. The topological polar surface area (TPSA) is 43.4 Å². The highest BCUT2D eigenvalue weighted by Gasteiger charge is 2.06. The third-order valence-corrected chi connectivity index (χ3v) is 3.42. The lowest BCUT2D eigenvalue weighted by Crippen LogP contribution is -2.10. The molecule has 0 N–H and O–H groups in total. The van der Waals surface area contributed by atoms with E-state index in [1.54, 1.807) is 0 Å². The Bertz CT molecular complexity index is 222. The molecule has 0 aromatic carbocycles. The van der Waals surface area contributed by atoms with Gasteiger partial charge in [-0.25, -0.2) is 8.42 Å². The van der Waals surface area contributed by atoms with Crippen LogP contribution in [0.3, 0.4) is 0 Å². The Balaban J connectivity index is 3.38. The van der Waals surface area contributed by atoms with Crippen molar-refractivity contribution in [1.29, 1.82) is 0 Å². The maximum atomic E-state index is 10.6. The smallest absolute Gasteiger partial charge is 0.232 e. The zero-order chi connectivity index (χ0) is 11.0. The van der Waals surface area contributed by atoms with E-state index >= 15 is 0 Å². The molecule has 0 spiro atoms. The maximum Gasteiger partial charge on any atom is 0.232 e. The standard InChI is InChI=1S/C9H19ClO3S/c1-3-9(4-2)8-13-6-5-7-14(10,11)12/h9H,3-8H2,1-2H3. The Labute approximate surface area is 91.2 Å². The van der Waals surface area contributed by atoms with Gasteiger partial charge < -0.3 is 4.74 Å². The molecule has 0 aromatic heterocycles. The lowest BCUT2D eigenvalue weighted by Gasteiger charge is -2.11. The Morgan fingerprint density at radius 2 is 1.86 bits per heavy atom. The summed E-state index contributed by atoms with van der Waals surface area (Å²) in [7, 11) is 1.70. The van der Waals surface area contributed by atoms with Crippen LogP contribution in [-0.2, 0) is 13.8 Å². The molecule has 0 unspecified atom stereocenters. The summed E-state index contributed by atoms with van der Waals surface area (Å²) in [5.41, 5.74) is 0. The summed E-state index contributed by atoms with van der Waals surface area (Å²) >= 11 is 0. The van der Waals surface area contributed by atoms with Crippen LogP contribution in [-0.4, -0.2) is 27.4 Å². The lowest BCUT2D eigenvalue weighted by atomic mass is 10.1. The molecule has 86 valence electrons. The van der Waals surface area contributed by atoms with Crippen LogP contribution in [0, 0.1) is 5.92 Å². The Kier molecular flexibility index (Phi) is 7.59. The summed E-state index contributed by atoms with van der Waals surface area (Å²) in [6.45, 7) is 5.44. The molecule has 0 aliphatic heterocycles. The van der Waals surface area contributed by atoms with Gasteiger partial charge in [0.15, 0.2) is 0 Å². The second-order valence-electron chi connectivity index (χ2n) is 3.35. The Hall–Kier alpha value is 0.200. The molecule has 0 saturated heterocycles. The van der Waals surface area contributed by atoms with Crippen molar-refractivity contribution in [2.45, 2.75) is 33.1 Å². The molecule has 0 rings (SSSR count). The van der Waals surface area contributed by atoms with Gasteiger partial charge in [-0.3, -0.25) is 0 Å². The van der Waals surface area contributed by atoms with E-state index in [-0.39, 0.29) is 5.75 Å². The molecule has 3 nitrogen and oxygen atoms in total. The van der Waals surface area contributed by atoms with E-state index in [9.17, 15) is 8.42 Å². The van der Waals surface area contributed by atoms with Gasteiger partial charge in [0.2, 0.25) is 9.05 Å². The number of hydrogen-bond acceptors (Lipinski definition) is 3.